The van der Waals surface area contributed by atoms with E-state index < -0.39 is 6.04 Å². The monoisotopic (exact) mass is 280 g/mol. The summed E-state index contributed by atoms with van der Waals surface area (Å²) in [5.41, 5.74) is 6.36. The SMILES string of the molecule is CC(C)C[C@H](N)C(=O)NCC(C)(C)c1cccc(F)c1. The summed E-state index contributed by atoms with van der Waals surface area (Å²) < 4.78 is 13.3. The number of halogens is 1. The van der Waals surface area contributed by atoms with Crippen LogP contribution < -0.4 is 11.1 Å². The van der Waals surface area contributed by atoms with Gasteiger partial charge in [-0.2, -0.15) is 0 Å². The number of carbonyl (C=O) groups excluding carboxylic acids is 1. The number of nitrogens with two attached hydrogens (primary N) is 1. The van der Waals surface area contributed by atoms with Gasteiger partial charge in [0, 0.05) is 12.0 Å². The molecule has 0 heterocycles. The summed E-state index contributed by atoms with van der Waals surface area (Å²) in [4.78, 5) is 11.9. The van der Waals surface area contributed by atoms with Crippen LogP contribution in [-0.4, -0.2) is 18.5 Å². The molecule has 0 saturated heterocycles. The van der Waals surface area contributed by atoms with Crippen molar-refractivity contribution in [1.82, 2.24) is 5.32 Å². The Morgan fingerprint density at radius 1 is 1.40 bits per heavy atom. The highest BCUT2D eigenvalue weighted by Gasteiger charge is 2.23. The minimum Gasteiger partial charge on any atom is -0.354 e. The molecule has 0 aliphatic heterocycles. The molecule has 0 spiro atoms. The summed E-state index contributed by atoms with van der Waals surface area (Å²) in [5.74, 6) is -0.0337. The Labute approximate surface area is 120 Å². The Balaban J connectivity index is 2.61. The molecule has 1 rings (SSSR count). The van der Waals surface area contributed by atoms with Crippen LogP contribution >= 0.6 is 0 Å². The molecule has 112 valence electrons. The van der Waals surface area contributed by atoms with Gasteiger partial charge < -0.3 is 11.1 Å². The Morgan fingerprint density at radius 3 is 2.60 bits per heavy atom. The molecule has 3 nitrogen and oxygen atoms in total. The summed E-state index contributed by atoms with van der Waals surface area (Å²) in [7, 11) is 0. The lowest BCUT2D eigenvalue weighted by atomic mass is 9.84. The van der Waals surface area contributed by atoms with Crippen LogP contribution in [-0.2, 0) is 10.2 Å². The molecule has 0 saturated carbocycles. The van der Waals surface area contributed by atoms with E-state index in [2.05, 4.69) is 5.32 Å². The standard InChI is InChI=1S/C16H25FN2O/c1-11(2)8-14(18)15(20)19-10-16(3,4)12-6-5-7-13(17)9-12/h5-7,9,11,14H,8,10,18H2,1-4H3,(H,19,20)/t14-/m0/s1. The third kappa shape index (κ3) is 4.93. The fourth-order valence-electron chi connectivity index (χ4n) is 2.07. The maximum atomic E-state index is 13.3. The summed E-state index contributed by atoms with van der Waals surface area (Å²) in [6, 6.07) is 5.97. The molecule has 0 fully saturated rings. The van der Waals surface area contributed by atoms with Crippen LogP contribution in [0.5, 0.6) is 0 Å². The largest absolute Gasteiger partial charge is 0.354 e. The molecule has 1 aromatic rings. The Hall–Kier alpha value is -1.42. The Kier molecular flexibility index (Phi) is 5.69. The van der Waals surface area contributed by atoms with Gasteiger partial charge in [0.1, 0.15) is 5.82 Å². The normalized spacial score (nSPS) is 13.3. The molecule has 3 N–H and O–H groups in total. The van der Waals surface area contributed by atoms with Gasteiger partial charge in [-0.25, -0.2) is 4.39 Å². The van der Waals surface area contributed by atoms with Crippen molar-refractivity contribution in [2.24, 2.45) is 11.7 Å². The smallest absolute Gasteiger partial charge is 0.236 e. The van der Waals surface area contributed by atoms with Crippen LogP contribution in [0.1, 0.15) is 39.7 Å². The van der Waals surface area contributed by atoms with Crippen molar-refractivity contribution in [2.75, 3.05) is 6.54 Å². The predicted molar refractivity (Wildman–Crippen MR) is 79.9 cm³/mol. The van der Waals surface area contributed by atoms with Crippen molar-refractivity contribution < 1.29 is 9.18 Å². The second-order valence-electron chi connectivity index (χ2n) is 6.35. The molecule has 0 aromatic heterocycles. The third-order valence-corrected chi connectivity index (χ3v) is 3.37. The molecule has 0 radical (unpaired) electrons. The van der Waals surface area contributed by atoms with Crippen molar-refractivity contribution in [3.63, 3.8) is 0 Å². The molecule has 1 atom stereocenters. The highest BCUT2D eigenvalue weighted by Crippen LogP contribution is 2.22. The van der Waals surface area contributed by atoms with Crippen LogP contribution in [0.4, 0.5) is 4.39 Å². The van der Waals surface area contributed by atoms with Crippen LogP contribution in [0.3, 0.4) is 0 Å². The maximum absolute atomic E-state index is 13.3. The Bertz CT molecular complexity index is 458. The van der Waals surface area contributed by atoms with Crippen molar-refractivity contribution in [1.29, 1.82) is 0 Å². The summed E-state index contributed by atoms with van der Waals surface area (Å²) in [6.45, 7) is 8.43. The van der Waals surface area contributed by atoms with Gasteiger partial charge in [0.25, 0.3) is 0 Å². The van der Waals surface area contributed by atoms with Crippen LogP contribution in [0.15, 0.2) is 24.3 Å². The lowest BCUT2D eigenvalue weighted by Gasteiger charge is -2.26. The van der Waals surface area contributed by atoms with Gasteiger partial charge >= 0.3 is 0 Å². The van der Waals surface area contributed by atoms with Gasteiger partial charge in [0.15, 0.2) is 0 Å². The highest BCUT2D eigenvalue weighted by atomic mass is 19.1. The number of benzene rings is 1. The molecule has 20 heavy (non-hydrogen) atoms. The first kappa shape index (κ1) is 16.6. The number of rotatable bonds is 6. The second-order valence-corrected chi connectivity index (χ2v) is 6.35. The number of nitrogens with one attached hydrogen (secondary N) is 1. The molecular formula is C16H25FN2O. The molecule has 0 aliphatic carbocycles. The third-order valence-electron chi connectivity index (χ3n) is 3.37. The van der Waals surface area contributed by atoms with Crippen LogP contribution in [0.2, 0.25) is 0 Å². The lowest BCUT2D eigenvalue weighted by molar-refractivity contribution is -0.122. The number of hydrogen-bond donors (Lipinski definition) is 2. The Morgan fingerprint density at radius 2 is 2.05 bits per heavy atom. The second kappa shape index (κ2) is 6.84. The summed E-state index contributed by atoms with van der Waals surface area (Å²) in [5, 5.41) is 2.86. The number of hydrogen-bond acceptors (Lipinski definition) is 2. The minimum absolute atomic E-state index is 0.150. The van der Waals surface area contributed by atoms with E-state index in [1.807, 2.05) is 33.8 Å². The molecular weight excluding hydrogens is 255 g/mol. The average Bonchev–Trinajstić information content (AvgIpc) is 2.35. The predicted octanol–water partition coefficient (Wildman–Crippen LogP) is 2.59. The zero-order valence-electron chi connectivity index (χ0n) is 12.7. The van der Waals surface area contributed by atoms with E-state index >= 15 is 0 Å². The van der Waals surface area contributed by atoms with E-state index in [0.29, 0.717) is 18.9 Å². The molecule has 0 bridgehead atoms. The van der Waals surface area contributed by atoms with Crippen molar-refractivity contribution in [3.8, 4) is 0 Å². The summed E-state index contributed by atoms with van der Waals surface area (Å²) >= 11 is 0. The number of amides is 1. The van der Waals surface area contributed by atoms with Gasteiger partial charge in [0.05, 0.1) is 6.04 Å². The van der Waals surface area contributed by atoms with Gasteiger partial charge in [-0.1, -0.05) is 39.8 Å². The molecule has 4 heteroatoms. The number of carbonyl (C=O) groups is 1. The van der Waals surface area contributed by atoms with Gasteiger partial charge in [0.2, 0.25) is 5.91 Å². The van der Waals surface area contributed by atoms with Crippen molar-refractivity contribution in [2.45, 2.75) is 45.6 Å². The molecule has 1 amide bonds. The molecule has 0 aliphatic rings. The van der Waals surface area contributed by atoms with E-state index in [9.17, 15) is 9.18 Å². The van der Waals surface area contributed by atoms with E-state index in [1.54, 1.807) is 6.07 Å². The van der Waals surface area contributed by atoms with Crippen LogP contribution in [0, 0.1) is 11.7 Å². The topological polar surface area (TPSA) is 55.1 Å². The fraction of sp³-hybridized carbons (Fsp3) is 0.562. The van der Waals surface area contributed by atoms with Gasteiger partial charge in [-0.15, -0.1) is 0 Å². The maximum Gasteiger partial charge on any atom is 0.236 e. The molecule has 1 aromatic carbocycles. The fourth-order valence-corrected chi connectivity index (χ4v) is 2.07. The zero-order valence-corrected chi connectivity index (χ0v) is 12.7. The quantitative estimate of drug-likeness (QED) is 0.841. The first-order valence-electron chi connectivity index (χ1n) is 7.01. The van der Waals surface area contributed by atoms with E-state index in [4.69, 9.17) is 5.73 Å². The first-order chi connectivity index (χ1) is 9.22. The highest BCUT2D eigenvalue weighted by molar-refractivity contribution is 5.81. The molecule has 0 unspecified atom stereocenters. The average molecular weight is 280 g/mol. The summed E-state index contributed by atoms with van der Waals surface area (Å²) in [6.07, 6.45) is 0.659. The van der Waals surface area contributed by atoms with Gasteiger partial charge in [-0.05, 0) is 30.0 Å². The van der Waals surface area contributed by atoms with Crippen LogP contribution in [0.25, 0.3) is 0 Å². The van der Waals surface area contributed by atoms with Crippen molar-refractivity contribution in [3.05, 3.63) is 35.6 Å². The first-order valence-corrected chi connectivity index (χ1v) is 7.01. The van der Waals surface area contributed by atoms with E-state index in [1.165, 1.54) is 12.1 Å². The minimum atomic E-state index is -0.488. The van der Waals surface area contributed by atoms with Crippen molar-refractivity contribution >= 4 is 5.91 Å². The van der Waals surface area contributed by atoms with Gasteiger partial charge in [-0.3, -0.25) is 4.79 Å². The van der Waals surface area contributed by atoms with E-state index in [0.717, 1.165) is 5.56 Å². The lowest BCUT2D eigenvalue weighted by Crippen LogP contribution is -2.45. The zero-order chi connectivity index (χ0) is 15.3. The van der Waals surface area contributed by atoms with E-state index in [-0.39, 0.29) is 17.1 Å².